The zero-order valence-corrected chi connectivity index (χ0v) is 19.2. The van der Waals surface area contributed by atoms with Crippen LogP contribution in [0.4, 0.5) is 5.69 Å². The van der Waals surface area contributed by atoms with Gasteiger partial charge in [0, 0.05) is 50.7 Å². The van der Waals surface area contributed by atoms with Crippen molar-refractivity contribution in [3.8, 4) is 5.75 Å². The smallest absolute Gasteiger partial charge is 0.191 e. The lowest BCUT2D eigenvalue weighted by molar-refractivity contribution is 0.0177. The van der Waals surface area contributed by atoms with Crippen molar-refractivity contribution in [1.29, 1.82) is 0 Å². The lowest BCUT2D eigenvalue weighted by Gasteiger charge is -2.34. The van der Waals surface area contributed by atoms with Crippen LogP contribution in [0.15, 0.2) is 46.8 Å². The zero-order chi connectivity index (χ0) is 21.5. The zero-order valence-electron chi connectivity index (χ0n) is 18.4. The topological polar surface area (TPSA) is 61.4 Å². The summed E-state index contributed by atoms with van der Waals surface area (Å²) in [5, 5.41) is 9.36. The van der Waals surface area contributed by atoms with Gasteiger partial charge >= 0.3 is 0 Å². The number of anilines is 1. The average Bonchev–Trinajstić information content (AvgIpc) is 3.52. The molecule has 2 N–H and O–H groups in total. The van der Waals surface area contributed by atoms with E-state index in [4.69, 9.17) is 9.47 Å². The molecule has 7 nitrogen and oxygen atoms in total. The number of ether oxygens (including phenoxy) is 2. The molecule has 8 heteroatoms. The molecule has 168 valence electrons. The molecule has 2 aliphatic heterocycles. The number of hydrogen-bond acceptors (Lipinski definition) is 6. The van der Waals surface area contributed by atoms with Gasteiger partial charge in [0.2, 0.25) is 0 Å². The van der Waals surface area contributed by atoms with E-state index in [1.54, 1.807) is 7.11 Å². The van der Waals surface area contributed by atoms with Crippen molar-refractivity contribution in [2.45, 2.75) is 18.5 Å². The molecule has 0 aliphatic carbocycles. The fourth-order valence-corrected chi connectivity index (χ4v) is 5.21. The van der Waals surface area contributed by atoms with E-state index >= 15 is 0 Å². The molecule has 2 fully saturated rings. The van der Waals surface area contributed by atoms with E-state index in [-0.39, 0.29) is 0 Å². The Morgan fingerprint density at radius 2 is 2.06 bits per heavy atom. The normalized spacial score (nSPS) is 21.2. The van der Waals surface area contributed by atoms with Crippen molar-refractivity contribution in [3.05, 3.63) is 46.7 Å². The van der Waals surface area contributed by atoms with Gasteiger partial charge in [-0.1, -0.05) is 18.2 Å². The number of guanidine groups is 1. The predicted molar refractivity (Wildman–Crippen MR) is 128 cm³/mol. The fourth-order valence-electron chi connectivity index (χ4n) is 4.35. The molecule has 2 aromatic rings. The number of benzene rings is 1. The van der Waals surface area contributed by atoms with E-state index in [1.807, 2.05) is 30.5 Å². The Morgan fingerprint density at radius 3 is 2.81 bits per heavy atom. The van der Waals surface area contributed by atoms with Crippen LogP contribution in [0.2, 0.25) is 0 Å². The Kier molecular flexibility index (Phi) is 7.66. The third-order valence-electron chi connectivity index (χ3n) is 6.00. The number of hydrogen-bond donors (Lipinski definition) is 2. The van der Waals surface area contributed by atoms with Crippen LogP contribution in [-0.2, 0) is 4.74 Å². The standard InChI is InChI=1S/C23H33N5O2S/c1-24-23(25-16-20(22-8-5-15-31-22)27-11-13-30-14-12-27)26-18-9-10-28(17-18)19-6-3-4-7-21(19)29-2/h3-8,15,18,20H,9-14,16-17H2,1-2H3,(H2,24,25,26). The van der Waals surface area contributed by atoms with Crippen molar-refractivity contribution in [2.75, 3.05) is 65.0 Å². The maximum absolute atomic E-state index is 5.56. The van der Waals surface area contributed by atoms with Crippen LogP contribution >= 0.6 is 11.3 Å². The summed E-state index contributed by atoms with van der Waals surface area (Å²) in [5.74, 6) is 1.79. The van der Waals surface area contributed by atoms with Crippen LogP contribution in [0.5, 0.6) is 5.75 Å². The minimum atomic E-state index is 0.330. The van der Waals surface area contributed by atoms with Crippen LogP contribution in [0.3, 0.4) is 0 Å². The highest BCUT2D eigenvalue weighted by Crippen LogP contribution is 2.30. The molecule has 0 saturated carbocycles. The summed E-state index contributed by atoms with van der Waals surface area (Å²) in [6.45, 7) is 6.29. The van der Waals surface area contributed by atoms with Crippen molar-refractivity contribution >= 4 is 23.0 Å². The molecule has 0 spiro atoms. The van der Waals surface area contributed by atoms with E-state index in [2.05, 4.69) is 55.1 Å². The number of morpholine rings is 1. The SMILES string of the molecule is CN=C(NCC(c1cccs1)N1CCOCC1)NC1CCN(c2ccccc2OC)C1. The van der Waals surface area contributed by atoms with Crippen molar-refractivity contribution in [3.63, 3.8) is 0 Å². The molecule has 3 heterocycles. The minimum Gasteiger partial charge on any atom is -0.495 e. The van der Waals surface area contributed by atoms with E-state index < -0.39 is 0 Å². The summed E-state index contributed by atoms with van der Waals surface area (Å²) in [6.07, 6.45) is 1.07. The molecule has 4 rings (SSSR count). The Morgan fingerprint density at radius 1 is 1.23 bits per heavy atom. The van der Waals surface area contributed by atoms with Crippen LogP contribution in [-0.4, -0.2) is 77.0 Å². The molecule has 2 aliphatic rings. The summed E-state index contributed by atoms with van der Waals surface area (Å²) in [4.78, 5) is 10.8. The Hall–Kier alpha value is -2.29. The average molecular weight is 444 g/mol. The second-order valence-corrected chi connectivity index (χ2v) is 8.86. The van der Waals surface area contributed by atoms with Gasteiger partial charge < -0.3 is 25.0 Å². The Balaban J connectivity index is 1.34. The van der Waals surface area contributed by atoms with Crippen LogP contribution < -0.4 is 20.3 Å². The summed E-state index contributed by atoms with van der Waals surface area (Å²) in [5.41, 5.74) is 1.15. The van der Waals surface area contributed by atoms with Gasteiger partial charge in [0.05, 0.1) is 32.1 Å². The van der Waals surface area contributed by atoms with E-state index in [0.717, 1.165) is 69.8 Å². The van der Waals surface area contributed by atoms with Crippen molar-refractivity contribution in [2.24, 2.45) is 4.99 Å². The van der Waals surface area contributed by atoms with Gasteiger partial charge in [0.15, 0.2) is 5.96 Å². The second-order valence-electron chi connectivity index (χ2n) is 7.88. The van der Waals surface area contributed by atoms with Crippen LogP contribution in [0, 0.1) is 0 Å². The molecule has 0 radical (unpaired) electrons. The highest BCUT2D eigenvalue weighted by Gasteiger charge is 2.27. The number of rotatable bonds is 7. The second kappa shape index (κ2) is 10.8. The van der Waals surface area contributed by atoms with Crippen LogP contribution in [0.1, 0.15) is 17.3 Å². The number of nitrogens with one attached hydrogen (secondary N) is 2. The number of aliphatic imine (C=N–C) groups is 1. The highest BCUT2D eigenvalue weighted by molar-refractivity contribution is 7.10. The molecule has 0 bridgehead atoms. The molecule has 2 atom stereocenters. The van der Waals surface area contributed by atoms with Gasteiger partial charge in [-0.15, -0.1) is 11.3 Å². The van der Waals surface area contributed by atoms with Gasteiger partial charge in [-0.05, 0) is 30.0 Å². The first kappa shape index (κ1) is 21.9. The first-order chi connectivity index (χ1) is 15.3. The van der Waals surface area contributed by atoms with Crippen LogP contribution in [0.25, 0.3) is 0 Å². The van der Waals surface area contributed by atoms with Crippen molar-refractivity contribution in [1.82, 2.24) is 15.5 Å². The lowest BCUT2D eigenvalue weighted by atomic mass is 10.2. The molecule has 2 saturated heterocycles. The monoisotopic (exact) mass is 443 g/mol. The summed E-state index contributed by atoms with van der Waals surface area (Å²) in [7, 11) is 3.58. The lowest BCUT2D eigenvalue weighted by Crippen LogP contribution is -2.48. The van der Waals surface area contributed by atoms with Gasteiger partial charge in [0.25, 0.3) is 0 Å². The van der Waals surface area contributed by atoms with E-state index in [0.29, 0.717) is 12.1 Å². The van der Waals surface area contributed by atoms with Gasteiger partial charge in [-0.25, -0.2) is 0 Å². The molecule has 31 heavy (non-hydrogen) atoms. The number of thiophene rings is 1. The first-order valence-corrected chi connectivity index (χ1v) is 11.9. The maximum atomic E-state index is 5.56. The molecule has 0 amide bonds. The Bertz CT molecular complexity index is 838. The molecule has 1 aromatic carbocycles. The third-order valence-corrected chi connectivity index (χ3v) is 6.97. The summed E-state index contributed by atoms with van der Waals surface area (Å²) in [6, 6.07) is 13.3. The van der Waals surface area contributed by atoms with Gasteiger partial charge in [-0.2, -0.15) is 0 Å². The fraction of sp³-hybridized carbons (Fsp3) is 0.522. The van der Waals surface area contributed by atoms with E-state index in [1.165, 1.54) is 4.88 Å². The molecular formula is C23H33N5O2S. The first-order valence-electron chi connectivity index (χ1n) is 11.0. The number of nitrogens with zero attached hydrogens (tertiary/aromatic N) is 3. The number of para-hydroxylation sites is 2. The Labute approximate surface area is 189 Å². The van der Waals surface area contributed by atoms with Crippen molar-refractivity contribution < 1.29 is 9.47 Å². The molecule has 1 aromatic heterocycles. The summed E-state index contributed by atoms with van der Waals surface area (Å²) < 4.78 is 11.1. The third kappa shape index (κ3) is 5.50. The highest BCUT2D eigenvalue weighted by atomic mass is 32.1. The van der Waals surface area contributed by atoms with Gasteiger partial charge in [-0.3, -0.25) is 9.89 Å². The van der Waals surface area contributed by atoms with Gasteiger partial charge in [0.1, 0.15) is 5.75 Å². The quantitative estimate of drug-likeness (QED) is 0.507. The molecule has 2 unspecified atom stereocenters. The summed E-state index contributed by atoms with van der Waals surface area (Å²) >= 11 is 1.82. The molecular weight excluding hydrogens is 410 g/mol. The maximum Gasteiger partial charge on any atom is 0.191 e. The van der Waals surface area contributed by atoms with E-state index in [9.17, 15) is 0 Å². The predicted octanol–water partition coefficient (Wildman–Crippen LogP) is 2.57. The number of methoxy groups -OCH3 is 1. The largest absolute Gasteiger partial charge is 0.495 e. The minimum absolute atomic E-state index is 0.330.